The Balaban J connectivity index is 0.000000327. The van der Waals surface area contributed by atoms with Gasteiger partial charge in [0, 0.05) is 34.5 Å². The predicted molar refractivity (Wildman–Crippen MR) is 83.6 cm³/mol. The third-order valence-corrected chi connectivity index (χ3v) is 2.70. The fourth-order valence-corrected chi connectivity index (χ4v) is 1.39. The summed E-state index contributed by atoms with van der Waals surface area (Å²) in [5.74, 6) is 0.484. The number of hydrogen-bond donors (Lipinski definition) is 1. The van der Waals surface area contributed by atoms with Crippen molar-refractivity contribution >= 4 is 43.5 Å². The van der Waals surface area contributed by atoms with Crippen LogP contribution >= 0.6 is 43.5 Å². The minimum atomic E-state index is -0.500. The van der Waals surface area contributed by atoms with Gasteiger partial charge in [-0.2, -0.15) is 0 Å². The standard InChI is InChI=1S/C6H6BrNO.C5H3BrClN.CH4O/c1-9-6-3-2-5(7)4-8-6;6-4-1-2-5(7)8-3-4;1-2/h2-4H,1H3;1-3H;2H,1H3/i1D;;1D. The summed E-state index contributed by atoms with van der Waals surface area (Å²) in [5, 5.41) is 7.76. The van der Waals surface area contributed by atoms with Crippen LogP contribution in [0.4, 0.5) is 0 Å². The first kappa shape index (κ1) is 14.7. The van der Waals surface area contributed by atoms with E-state index in [9.17, 15) is 0 Å². The summed E-state index contributed by atoms with van der Waals surface area (Å²) in [6.45, 7) is 0. The van der Waals surface area contributed by atoms with Crippen LogP contribution < -0.4 is 4.74 Å². The van der Waals surface area contributed by atoms with Crippen LogP contribution in [0.2, 0.25) is 5.15 Å². The van der Waals surface area contributed by atoms with Crippen molar-refractivity contribution in [3.8, 4) is 5.88 Å². The third-order valence-electron chi connectivity index (χ3n) is 1.54. The van der Waals surface area contributed by atoms with E-state index in [1.807, 2.05) is 12.1 Å². The zero-order chi connectivity index (χ0) is 16.1. The van der Waals surface area contributed by atoms with Crippen LogP contribution in [0.1, 0.15) is 2.74 Å². The van der Waals surface area contributed by atoms with Gasteiger partial charge in [-0.3, -0.25) is 0 Å². The minimum Gasteiger partial charge on any atom is -0.481 e. The zero-order valence-electron chi connectivity index (χ0n) is 11.8. The lowest BCUT2D eigenvalue weighted by atomic mass is 10.5. The molecule has 0 saturated heterocycles. The van der Waals surface area contributed by atoms with Crippen molar-refractivity contribution in [1.82, 2.24) is 9.97 Å². The summed E-state index contributed by atoms with van der Waals surface area (Å²) in [7, 11) is -0.589. The Bertz CT molecular complexity index is 469. The maximum Gasteiger partial charge on any atom is 0.212 e. The first-order chi connectivity index (χ1) is 10.0. The highest BCUT2D eigenvalue weighted by Crippen LogP contribution is 2.11. The SMILES string of the molecule is Clc1ccc(Br)cn1.[2H]CO.[2H]COc1ccc(Br)cn1. The Hall–Kier alpha value is -0.690. The van der Waals surface area contributed by atoms with Gasteiger partial charge in [-0.15, -0.1) is 0 Å². The number of aliphatic hydroxyl groups excluding tert-OH is 1. The average molecular weight is 415 g/mol. The molecule has 0 bridgehead atoms. The molecule has 4 nitrogen and oxygen atoms in total. The van der Waals surface area contributed by atoms with Crippen LogP contribution in [0.15, 0.2) is 45.6 Å². The molecule has 19 heavy (non-hydrogen) atoms. The number of methoxy groups -OCH3 is 1. The molecular formula is C12H13Br2ClN2O2. The molecule has 0 aromatic carbocycles. The van der Waals surface area contributed by atoms with Crippen LogP contribution in [0.25, 0.3) is 0 Å². The molecule has 104 valence electrons. The predicted octanol–water partition coefficient (Wildman–Crippen LogP) is 3.96. The average Bonchev–Trinajstić information content (AvgIpc) is 2.47. The van der Waals surface area contributed by atoms with E-state index in [0.717, 1.165) is 8.95 Å². The van der Waals surface area contributed by atoms with Crippen LogP contribution in [-0.4, -0.2) is 29.2 Å². The second-order valence-corrected chi connectivity index (χ2v) is 4.98. The van der Waals surface area contributed by atoms with Crippen molar-refractivity contribution in [1.29, 1.82) is 0 Å². The third kappa shape index (κ3) is 8.93. The monoisotopic (exact) mass is 412 g/mol. The van der Waals surface area contributed by atoms with Crippen LogP contribution in [-0.2, 0) is 0 Å². The van der Waals surface area contributed by atoms with Gasteiger partial charge < -0.3 is 9.84 Å². The van der Waals surface area contributed by atoms with Crippen LogP contribution in [0.3, 0.4) is 0 Å². The molecule has 0 aliphatic heterocycles. The number of aliphatic hydroxyl groups is 1. The quantitative estimate of drug-likeness (QED) is 0.718. The number of halogens is 3. The van der Waals surface area contributed by atoms with E-state index >= 15 is 0 Å². The largest absolute Gasteiger partial charge is 0.481 e. The Labute approximate surface area is 136 Å². The van der Waals surface area contributed by atoms with Gasteiger partial charge in [0.15, 0.2) is 0 Å². The number of aromatic nitrogens is 2. The number of rotatable bonds is 1. The molecule has 0 aliphatic rings. The number of pyridine rings is 2. The molecule has 7 heteroatoms. The normalized spacial score (nSPS) is 9.89. The number of hydrogen-bond acceptors (Lipinski definition) is 4. The van der Waals surface area contributed by atoms with Crippen molar-refractivity contribution in [2.24, 2.45) is 0 Å². The highest BCUT2D eigenvalue weighted by Gasteiger charge is 1.88. The smallest absolute Gasteiger partial charge is 0.212 e. The summed E-state index contributed by atoms with van der Waals surface area (Å²) >= 11 is 11.9. The van der Waals surface area contributed by atoms with E-state index in [-0.39, 0.29) is 7.09 Å². The van der Waals surface area contributed by atoms with Gasteiger partial charge in [0.2, 0.25) is 5.88 Å². The zero-order valence-corrected chi connectivity index (χ0v) is 13.7. The first-order valence-corrected chi connectivity index (χ1v) is 6.70. The van der Waals surface area contributed by atoms with E-state index in [1.165, 1.54) is 0 Å². The van der Waals surface area contributed by atoms with Crippen molar-refractivity contribution in [2.45, 2.75) is 0 Å². The molecule has 0 radical (unpaired) electrons. The molecule has 2 heterocycles. The maximum absolute atomic E-state index is 7.24. The lowest BCUT2D eigenvalue weighted by Gasteiger charge is -1.94. The van der Waals surface area contributed by atoms with E-state index in [1.54, 1.807) is 24.5 Å². The summed E-state index contributed by atoms with van der Waals surface area (Å²) in [6.07, 6.45) is 3.29. The van der Waals surface area contributed by atoms with E-state index < -0.39 is 7.09 Å². The van der Waals surface area contributed by atoms with Crippen molar-refractivity contribution in [3.63, 3.8) is 0 Å². The summed E-state index contributed by atoms with van der Waals surface area (Å²) in [6, 6.07) is 7.09. The second-order valence-electron chi connectivity index (χ2n) is 2.76. The second kappa shape index (κ2) is 11.2. The van der Waals surface area contributed by atoms with Crippen LogP contribution in [0.5, 0.6) is 5.88 Å². The molecular weight excluding hydrogens is 399 g/mol. The maximum atomic E-state index is 7.24. The van der Waals surface area contributed by atoms with Gasteiger partial charge in [-0.1, -0.05) is 11.6 Å². The Morgan fingerprint density at radius 1 is 1.16 bits per heavy atom. The van der Waals surface area contributed by atoms with Gasteiger partial charge in [-0.05, 0) is 50.1 Å². The number of nitrogens with zero attached hydrogens (tertiary/aromatic N) is 2. The molecule has 0 saturated carbocycles. The Kier molecular flexibility index (Phi) is 8.64. The van der Waals surface area contributed by atoms with Gasteiger partial charge in [0.05, 0.1) is 9.83 Å². The Morgan fingerprint density at radius 3 is 2.11 bits per heavy atom. The molecule has 0 spiro atoms. The molecule has 0 atom stereocenters. The lowest BCUT2D eigenvalue weighted by Crippen LogP contribution is -1.84. The fraction of sp³-hybridized carbons (Fsp3) is 0.167. The molecule has 0 amide bonds. The van der Waals surface area contributed by atoms with Crippen molar-refractivity contribution < 1.29 is 12.6 Å². The van der Waals surface area contributed by atoms with Gasteiger partial charge >= 0.3 is 0 Å². The topological polar surface area (TPSA) is 55.2 Å². The fourth-order valence-electron chi connectivity index (χ4n) is 0.805. The van der Waals surface area contributed by atoms with Gasteiger partial charge in [0.1, 0.15) is 5.15 Å². The highest BCUT2D eigenvalue weighted by atomic mass is 79.9. The molecule has 0 aliphatic carbocycles. The van der Waals surface area contributed by atoms with E-state index in [4.69, 9.17) is 24.2 Å². The lowest BCUT2D eigenvalue weighted by molar-refractivity contribution is 0.397. The highest BCUT2D eigenvalue weighted by molar-refractivity contribution is 9.10. The molecule has 1 N–H and O–H groups in total. The summed E-state index contributed by atoms with van der Waals surface area (Å²) in [4.78, 5) is 7.68. The van der Waals surface area contributed by atoms with Gasteiger partial charge in [-0.25, -0.2) is 9.97 Å². The van der Waals surface area contributed by atoms with Crippen molar-refractivity contribution in [3.05, 3.63) is 50.8 Å². The number of ether oxygens (including phenoxy) is 1. The first-order valence-electron chi connectivity index (χ1n) is 6.15. The molecule has 2 rings (SSSR count). The Morgan fingerprint density at radius 2 is 1.74 bits per heavy atom. The van der Waals surface area contributed by atoms with E-state index in [2.05, 4.69) is 41.8 Å². The minimum absolute atomic E-state index is 0.0887. The molecule has 2 aromatic rings. The van der Waals surface area contributed by atoms with Crippen LogP contribution in [0, 0.1) is 0 Å². The summed E-state index contributed by atoms with van der Waals surface area (Å²) < 4.78 is 19.1. The molecule has 0 unspecified atom stereocenters. The van der Waals surface area contributed by atoms with Gasteiger partial charge in [0.25, 0.3) is 0 Å². The van der Waals surface area contributed by atoms with Crippen molar-refractivity contribution in [2.75, 3.05) is 14.2 Å². The molecule has 0 fully saturated rings. The molecule has 2 aromatic heterocycles. The van der Waals surface area contributed by atoms with E-state index in [0.29, 0.717) is 11.0 Å². The summed E-state index contributed by atoms with van der Waals surface area (Å²) in [5.41, 5.74) is 0.